The predicted octanol–water partition coefficient (Wildman–Crippen LogP) is 4.17. The van der Waals surface area contributed by atoms with Crippen LogP contribution in [0.2, 0.25) is 0 Å². The molecule has 0 bridgehead atoms. The maximum atomic E-state index is 14.6. The number of aromatic nitrogens is 2. The van der Waals surface area contributed by atoms with Crippen LogP contribution in [0.4, 0.5) is 23.2 Å². The predicted molar refractivity (Wildman–Crippen MR) is 148 cm³/mol. The molecule has 12 heteroatoms. The van der Waals surface area contributed by atoms with Gasteiger partial charge in [-0.1, -0.05) is 48.5 Å². The van der Waals surface area contributed by atoms with Gasteiger partial charge in [0.1, 0.15) is 17.3 Å². The van der Waals surface area contributed by atoms with Crippen molar-refractivity contribution in [3.63, 3.8) is 0 Å². The molecule has 1 aliphatic rings. The number of piperazine rings is 1. The van der Waals surface area contributed by atoms with E-state index < -0.39 is 35.1 Å². The maximum Gasteiger partial charge on any atom is 0.449 e. The zero-order valence-corrected chi connectivity index (χ0v) is 22.9. The molecule has 2 aromatic heterocycles. The third kappa shape index (κ3) is 6.19. The second-order valence-corrected chi connectivity index (χ2v) is 10.3. The average Bonchev–Trinajstić information content (AvgIpc) is 3.45. The smallest absolute Gasteiger partial charge is 0.449 e. The molecule has 0 saturated carbocycles. The van der Waals surface area contributed by atoms with Crippen molar-refractivity contribution in [3.8, 4) is 0 Å². The van der Waals surface area contributed by atoms with E-state index in [-0.39, 0.29) is 36.6 Å². The summed E-state index contributed by atoms with van der Waals surface area (Å²) < 4.78 is 60.6. The lowest BCUT2D eigenvalue weighted by molar-refractivity contribution is -0.153. The van der Waals surface area contributed by atoms with E-state index in [1.165, 1.54) is 16.7 Å². The molecule has 1 atom stereocenters. The first-order chi connectivity index (χ1) is 20.0. The Morgan fingerprint density at radius 3 is 2.19 bits per heavy atom. The van der Waals surface area contributed by atoms with E-state index in [2.05, 4.69) is 0 Å². The summed E-state index contributed by atoms with van der Waals surface area (Å²) in [5.41, 5.74) is 0.162. The molecule has 0 spiro atoms. The van der Waals surface area contributed by atoms with Crippen molar-refractivity contribution in [2.45, 2.75) is 38.8 Å². The van der Waals surface area contributed by atoms with Crippen molar-refractivity contribution in [1.29, 1.82) is 0 Å². The molecule has 0 radical (unpaired) electrons. The number of nitrogens with zero attached hydrogens (tertiary/aromatic N) is 4. The number of hydrogen-bond acceptors (Lipinski definition) is 6. The summed E-state index contributed by atoms with van der Waals surface area (Å²) in [5.74, 6) is -1.36. The topological polar surface area (TPSA) is 83.8 Å². The van der Waals surface area contributed by atoms with Crippen LogP contribution < -0.4 is 16.1 Å². The van der Waals surface area contributed by atoms with E-state index in [0.717, 1.165) is 10.6 Å². The Balaban J connectivity index is 1.44. The van der Waals surface area contributed by atoms with Gasteiger partial charge in [0.05, 0.1) is 25.7 Å². The van der Waals surface area contributed by atoms with E-state index >= 15 is 0 Å². The van der Waals surface area contributed by atoms with Crippen LogP contribution in [0.5, 0.6) is 0 Å². The van der Waals surface area contributed by atoms with Crippen molar-refractivity contribution in [2.75, 3.05) is 31.1 Å². The molecule has 1 saturated heterocycles. The van der Waals surface area contributed by atoms with Crippen LogP contribution in [0.3, 0.4) is 0 Å². The van der Waals surface area contributed by atoms with Crippen LogP contribution in [0.25, 0.3) is 0 Å². The van der Waals surface area contributed by atoms with Crippen LogP contribution in [0.1, 0.15) is 34.4 Å². The first kappa shape index (κ1) is 29.3. The first-order valence-corrected chi connectivity index (χ1v) is 13.5. The molecule has 0 aliphatic carbocycles. The number of benzene rings is 2. The zero-order valence-electron chi connectivity index (χ0n) is 22.9. The zero-order chi connectivity index (χ0) is 30.0. The van der Waals surface area contributed by atoms with Gasteiger partial charge in [-0.05, 0) is 30.7 Å². The van der Waals surface area contributed by atoms with Gasteiger partial charge in [-0.15, -0.1) is 0 Å². The Kier molecular flexibility index (Phi) is 8.37. The van der Waals surface area contributed by atoms with Gasteiger partial charge in [-0.2, -0.15) is 13.2 Å². The Morgan fingerprint density at radius 1 is 0.881 bits per heavy atom. The number of halogens is 4. The lowest BCUT2D eigenvalue weighted by atomic mass is 10.1. The number of furan rings is 1. The Labute approximate surface area is 238 Å². The molecule has 42 heavy (non-hydrogen) atoms. The minimum Gasteiger partial charge on any atom is -0.455 e. The molecule has 5 rings (SSSR count). The second-order valence-electron chi connectivity index (χ2n) is 10.3. The molecule has 1 fully saturated rings. The minimum atomic E-state index is -4.56. The molecule has 0 unspecified atom stereocenters. The van der Waals surface area contributed by atoms with E-state index in [1.54, 1.807) is 55.5 Å². The number of hydrogen-bond donors (Lipinski definition) is 1. The van der Waals surface area contributed by atoms with Gasteiger partial charge in [-0.25, -0.2) is 9.18 Å². The third-order valence-electron chi connectivity index (χ3n) is 7.49. The largest absolute Gasteiger partial charge is 0.455 e. The third-order valence-corrected chi connectivity index (χ3v) is 7.49. The first-order valence-electron chi connectivity index (χ1n) is 13.5. The Hall–Kier alpha value is -4.16. The Bertz CT molecular complexity index is 1650. The summed E-state index contributed by atoms with van der Waals surface area (Å²) in [5, 5.41) is 10.9. The van der Waals surface area contributed by atoms with Gasteiger partial charge in [0, 0.05) is 37.4 Å². The number of aliphatic hydroxyl groups is 1. The normalized spacial score (nSPS) is 15.2. The SMILES string of the molecule is Cc1c(N2CCN(Cc3ccc(C(F)(F)F)o3)CC2)c(=O)n(C[C@H](O)c2ccccc2)c(=O)n1Cc1ccccc1F. The molecule has 2 aromatic carbocycles. The summed E-state index contributed by atoms with van der Waals surface area (Å²) in [6.45, 7) is 2.91. The fraction of sp³-hybridized carbons (Fsp3) is 0.333. The van der Waals surface area contributed by atoms with Gasteiger partial charge >= 0.3 is 11.9 Å². The average molecular weight is 587 g/mol. The van der Waals surface area contributed by atoms with Crippen molar-refractivity contribution in [2.24, 2.45) is 0 Å². The van der Waals surface area contributed by atoms with E-state index in [0.29, 0.717) is 37.4 Å². The molecule has 1 N–H and O–H groups in total. The highest BCUT2D eigenvalue weighted by molar-refractivity contribution is 5.49. The van der Waals surface area contributed by atoms with Gasteiger partial charge < -0.3 is 14.4 Å². The monoisotopic (exact) mass is 586 g/mol. The van der Waals surface area contributed by atoms with Crippen molar-refractivity contribution in [1.82, 2.24) is 14.0 Å². The highest BCUT2D eigenvalue weighted by Crippen LogP contribution is 2.31. The van der Waals surface area contributed by atoms with Crippen LogP contribution in [0, 0.1) is 12.7 Å². The molecule has 222 valence electrons. The van der Waals surface area contributed by atoms with Crippen LogP contribution >= 0.6 is 0 Å². The summed E-state index contributed by atoms with van der Waals surface area (Å²) >= 11 is 0. The molecular formula is C30H30F4N4O4. The van der Waals surface area contributed by atoms with E-state index in [1.807, 2.05) is 9.80 Å². The number of alkyl halides is 3. The van der Waals surface area contributed by atoms with Gasteiger partial charge in [0.2, 0.25) is 5.76 Å². The highest BCUT2D eigenvalue weighted by atomic mass is 19.4. The fourth-order valence-electron chi connectivity index (χ4n) is 5.21. The van der Waals surface area contributed by atoms with Crippen LogP contribution in [-0.4, -0.2) is 45.3 Å². The fourth-order valence-corrected chi connectivity index (χ4v) is 5.21. The van der Waals surface area contributed by atoms with Crippen molar-refractivity contribution < 1.29 is 27.1 Å². The van der Waals surface area contributed by atoms with Crippen molar-refractivity contribution >= 4 is 5.69 Å². The van der Waals surface area contributed by atoms with Crippen LogP contribution in [-0.2, 0) is 25.8 Å². The minimum absolute atomic E-state index is 0.119. The molecule has 0 amide bonds. The Morgan fingerprint density at radius 2 is 1.55 bits per heavy atom. The lowest BCUT2D eigenvalue weighted by Gasteiger charge is -2.36. The maximum absolute atomic E-state index is 14.6. The van der Waals surface area contributed by atoms with Gasteiger partial charge in [0.25, 0.3) is 5.56 Å². The van der Waals surface area contributed by atoms with E-state index in [4.69, 9.17) is 4.42 Å². The number of aliphatic hydroxyl groups excluding tert-OH is 1. The highest BCUT2D eigenvalue weighted by Gasteiger charge is 2.35. The summed E-state index contributed by atoms with van der Waals surface area (Å²) in [4.78, 5) is 31.2. The number of rotatable bonds is 8. The lowest BCUT2D eigenvalue weighted by Crippen LogP contribution is -2.51. The molecule has 4 aromatic rings. The second kappa shape index (κ2) is 12.0. The number of anilines is 1. The van der Waals surface area contributed by atoms with Gasteiger partial charge in [-0.3, -0.25) is 18.8 Å². The van der Waals surface area contributed by atoms with Crippen molar-refractivity contribution in [3.05, 3.63) is 122 Å². The quantitative estimate of drug-likeness (QED) is 0.312. The standard InChI is InChI=1S/C30H30F4N4O4/c1-20-27(36-15-13-35(14-16-36)18-23-11-12-26(42-23)30(32,33)34)28(40)38(19-25(39)21-7-3-2-4-8-21)29(41)37(20)17-22-9-5-6-10-24(22)31/h2-12,25,39H,13-19H2,1H3/t25-/m0/s1. The van der Waals surface area contributed by atoms with Gasteiger partial charge in [0.15, 0.2) is 0 Å². The van der Waals surface area contributed by atoms with E-state index in [9.17, 15) is 32.3 Å². The summed E-state index contributed by atoms with van der Waals surface area (Å²) in [6, 6.07) is 16.9. The summed E-state index contributed by atoms with van der Waals surface area (Å²) in [6.07, 6.45) is -5.70. The molecule has 3 heterocycles. The van der Waals surface area contributed by atoms with Crippen LogP contribution in [0.15, 0.2) is 80.7 Å². The summed E-state index contributed by atoms with van der Waals surface area (Å²) in [7, 11) is 0. The molecule has 8 nitrogen and oxygen atoms in total. The molecular weight excluding hydrogens is 556 g/mol. The molecule has 1 aliphatic heterocycles.